The molecule has 0 saturated carbocycles. The molecule has 0 N–H and O–H groups in total. The molecule has 0 amide bonds. The standard InChI is InChI=1S/C15H16BrN3O4S/c16-11-8-17-19(9-11)12-3-4-18(10-12)24(20,21)13-1-2-14-15(7-13)23-6-5-22-14/h1-2,7-9,12H,3-6,10H2. The van der Waals surface area contributed by atoms with Crippen LogP contribution in [0.5, 0.6) is 11.5 Å². The van der Waals surface area contributed by atoms with Crippen molar-refractivity contribution in [1.82, 2.24) is 14.1 Å². The van der Waals surface area contributed by atoms with Crippen molar-refractivity contribution in [1.29, 1.82) is 0 Å². The molecule has 1 saturated heterocycles. The molecule has 9 heteroatoms. The van der Waals surface area contributed by atoms with Gasteiger partial charge >= 0.3 is 0 Å². The average Bonchev–Trinajstić information content (AvgIpc) is 3.23. The highest BCUT2D eigenvalue weighted by molar-refractivity contribution is 9.10. The fourth-order valence-electron chi connectivity index (χ4n) is 2.99. The molecule has 1 unspecified atom stereocenters. The first kappa shape index (κ1) is 15.9. The Labute approximate surface area is 148 Å². The summed E-state index contributed by atoms with van der Waals surface area (Å²) < 4.78 is 40.9. The van der Waals surface area contributed by atoms with E-state index >= 15 is 0 Å². The number of aromatic nitrogens is 2. The van der Waals surface area contributed by atoms with Crippen LogP contribution in [0, 0.1) is 0 Å². The molecule has 3 heterocycles. The van der Waals surface area contributed by atoms with E-state index in [9.17, 15) is 8.42 Å². The van der Waals surface area contributed by atoms with Gasteiger partial charge in [-0.15, -0.1) is 0 Å². The zero-order valence-electron chi connectivity index (χ0n) is 12.8. The van der Waals surface area contributed by atoms with Crippen LogP contribution < -0.4 is 9.47 Å². The van der Waals surface area contributed by atoms with E-state index in [4.69, 9.17) is 9.47 Å². The number of fused-ring (bicyclic) bond motifs is 1. The fourth-order valence-corrected chi connectivity index (χ4v) is 4.80. The maximum absolute atomic E-state index is 12.9. The first-order valence-electron chi connectivity index (χ1n) is 7.63. The van der Waals surface area contributed by atoms with Crippen molar-refractivity contribution in [2.24, 2.45) is 0 Å². The molecule has 2 aliphatic rings. The van der Waals surface area contributed by atoms with Crippen molar-refractivity contribution < 1.29 is 17.9 Å². The lowest BCUT2D eigenvalue weighted by atomic mass is 10.3. The number of benzene rings is 1. The van der Waals surface area contributed by atoms with Crippen LogP contribution in [0.1, 0.15) is 12.5 Å². The molecule has 2 aliphatic heterocycles. The van der Waals surface area contributed by atoms with Gasteiger partial charge in [0.25, 0.3) is 0 Å². The Morgan fingerprint density at radius 1 is 1.21 bits per heavy atom. The van der Waals surface area contributed by atoms with Crippen LogP contribution in [0.2, 0.25) is 0 Å². The molecule has 1 aromatic heterocycles. The minimum Gasteiger partial charge on any atom is -0.486 e. The van der Waals surface area contributed by atoms with Crippen LogP contribution in [-0.4, -0.2) is 48.8 Å². The fraction of sp³-hybridized carbons (Fsp3) is 0.400. The predicted molar refractivity (Wildman–Crippen MR) is 89.8 cm³/mol. The summed E-state index contributed by atoms with van der Waals surface area (Å²) >= 11 is 3.36. The van der Waals surface area contributed by atoms with E-state index in [0.29, 0.717) is 37.8 Å². The maximum atomic E-state index is 12.9. The predicted octanol–water partition coefficient (Wildman–Crippen LogP) is 2.05. The van der Waals surface area contributed by atoms with Crippen LogP contribution in [-0.2, 0) is 10.0 Å². The molecule has 0 radical (unpaired) electrons. The smallest absolute Gasteiger partial charge is 0.243 e. The molecule has 1 fully saturated rings. The molecule has 7 nitrogen and oxygen atoms in total. The van der Waals surface area contributed by atoms with Crippen LogP contribution in [0.15, 0.2) is 40.0 Å². The Kier molecular flexibility index (Phi) is 4.01. The van der Waals surface area contributed by atoms with Crippen LogP contribution in [0.4, 0.5) is 0 Å². The Balaban J connectivity index is 1.57. The summed E-state index contributed by atoms with van der Waals surface area (Å²) in [5.74, 6) is 1.06. The molecule has 0 spiro atoms. The second kappa shape index (κ2) is 6.05. The van der Waals surface area contributed by atoms with Crippen molar-refractivity contribution in [2.75, 3.05) is 26.3 Å². The lowest BCUT2D eigenvalue weighted by Crippen LogP contribution is -2.29. The van der Waals surface area contributed by atoms with Gasteiger partial charge in [0, 0.05) is 25.4 Å². The summed E-state index contributed by atoms with van der Waals surface area (Å²) in [6.07, 6.45) is 4.31. The van der Waals surface area contributed by atoms with Gasteiger partial charge in [-0.25, -0.2) is 8.42 Å². The molecule has 1 aromatic carbocycles. The molecule has 1 atom stereocenters. The molecule has 0 aliphatic carbocycles. The zero-order valence-corrected chi connectivity index (χ0v) is 15.2. The van der Waals surface area contributed by atoms with E-state index < -0.39 is 10.0 Å². The molecule has 2 aromatic rings. The Hall–Kier alpha value is -1.58. The van der Waals surface area contributed by atoms with E-state index in [1.807, 2.05) is 10.9 Å². The van der Waals surface area contributed by atoms with Gasteiger partial charge in [0.05, 0.1) is 21.6 Å². The Bertz CT molecular complexity index is 867. The quantitative estimate of drug-likeness (QED) is 0.769. The van der Waals surface area contributed by atoms with Crippen LogP contribution >= 0.6 is 15.9 Å². The highest BCUT2D eigenvalue weighted by Crippen LogP contribution is 2.34. The monoisotopic (exact) mass is 413 g/mol. The van der Waals surface area contributed by atoms with E-state index in [-0.39, 0.29) is 10.9 Å². The number of hydrogen-bond donors (Lipinski definition) is 0. The van der Waals surface area contributed by atoms with E-state index in [0.717, 1.165) is 10.9 Å². The average molecular weight is 414 g/mol. The van der Waals surface area contributed by atoms with Crippen molar-refractivity contribution in [3.8, 4) is 11.5 Å². The third-order valence-electron chi connectivity index (χ3n) is 4.22. The number of nitrogens with zero attached hydrogens (tertiary/aromatic N) is 3. The zero-order chi connectivity index (χ0) is 16.7. The summed E-state index contributed by atoms with van der Waals surface area (Å²) in [7, 11) is -3.56. The summed E-state index contributed by atoms with van der Waals surface area (Å²) in [6, 6.07) is 4.81. The Morgan fingerprint density at radius 3 is 2.75 bits per heavy atom. The van der Waals surface area contributed by atoms with Crippen molar-refractivity contribution in [3.05, 3.63) is 35.1 Å². The van der Waals surface area contributed by atoms with E-state index in [1.165, 1.54) is 4.31 Å². The Morgan fingerprint density at radius 2 is 2.00 bits per heavy atom. The summed E-state index contributed by atoms with van der Waals surface area (Å²) in [5.41, 5.74) is 0. The first-order valence-corrected chi connectivity index (χ1v) is 9.87. The largest absolute Gasteiger partial charge is 0.486 e. The van der Waals surface area contributed by atoms with Crippen molar-refractivity contribution in [2.45, 2.75) is 17.4 Å². The normalized spacial score (nSPS) is 21.1. The topological polar surface area (TPSA) is 73.7 Å². The molecule has 0 bridgehead atoms. The highest BCUT2D eigenvalue weighted by atomic mass is 79.9. The summed E-state index contributed by atoms with van der Waals surface area (Å²) in [4.78, 5) is 0.231. The molecular formula is C15H16BrN3O4S. The number of ether oxygens (including phenoxy) is 2. The van der Waals surface area contributed by atoms with E-state index in [2.05, 4.69) is 21.0 Å². The molecule has 128 valence electrons. The van der Waals surface area contributed by atoms with Gasteiger partial charge in [0.15, 0.2) is 11.5 Å². The van der Waals surface area contributed by atoms with Crippen molar-refractivity contribution >= 4 is 26.0 Å². The van der Waals surface area contributed by atoms with Gasteiger partial charge in [-0.05, 0) is 34.5 Å². The van der Waals surface area contributed by atoms with Gasteiger partial charge in [-0.1, -0.05) is 0 Å². The molecule has 24 heavy (non-hydrogen) atoms. The van der Waals surface area contributed by atoms with Gasteiger partial charge < -0.3 is 9.47 Å². The SMILES string of the molecule is O=S(=O)(c1ccc2c(c1)OCCO2)N1CCC(n2cc(Br)cn2)C1. The lowest BCUT2D eigenvalue weighted by Gasteiger charge is -2.21. The van der Waals surface area contributed by atoms with Gasteiger partial charge in [0.1, 0.15) is 13.2 Å². The third-order valence-corrected chi connectivity index (χ3v) is 6.49. The van der Waals surface area contributed by atoms with Gasteiger partial charge in [-0.3, -0.25) is 4.68 Å². The number of hydrogen-bond acceptors (Lipinski definition) is 5. The number of halogens is 1. The molecular weight excluding hydrogens is 398 g/mol. The highest BCUT2D eigenvalue weighted by Gasteiger charge is 2.34. The second-order valence-electron chi connectivity index (χ2n) is 5.75. The van der Waals surface area contributed by atoms with Gasteiger partial charge in [0.2, 0.25) is 10.0 Å². The minimum atomic E-state index is -3.56. The summed E-state index contributed by atoms with van der Waals surface area (Å²) in [5, 5.41) is 4.26. The van der Waals surface area contributed by atoms with Gasteiger partial charge in [-0.2, -0.15) is 9.40 Å². The number of sulfonamides is 1. The van der Waals surface area contributed by atoms with Crippen LogP contribution in [0.25, 0.3) is 0 Å². The lowest BCUT2D eigenvalue weighted by molar-refractivity contribution is 0.171. The summed E-state index contributed by atoms with van der Waals surface area (Å²) in [6.45, 7) is 1.78. The van der Waals surface area contributed by atoms with Crippen LogP contribution in [0.3, 0.4) is 0 Å². The first-order chi connectivity index (χ1) is 11.5. The maximum Gasteiger partial charge on any atom is 0.243 e. The van der Waals surface area contributed by atoms with Crippen molar-refractivity contribution in [3.63, 3.8) is 0 Å². The van der Waals surface area contributed by atoms with E-state index in [1.54, 1.807) is 24.4 Å². The number of rotatable bonds is 3. The second-order valence-corrected chi connectivity index (χ2v) is 8.60. The molecule has 4 rings (SSSR count). The third kappa shape index (κ3) is 2.80. The minimum absolute atomic E-state index is 0.0447.